The Morgan fingerprint density at radius 3 is 2.65 bits per heavy atom. The van der Waals surface area contributed by atoms with Crippen LogP contribution in [0.4, 0.5) is 0 Å². The molecule has 106 valence electrons. The quantitative estimate of drug-likeness (QED) is 0.785. The number of nitrogens with one attached hydrogen (secondary N) is 1. The minimum absolute atomic E-state index is 0.443. The third-order valence-corrected chi connectivity index (χ3v) is 4.89. The Morgan fingerprint density at radius 1 is 1.15 bits per heavy atom. The van der Waals surface area contributed by atoms with Gasteiger partial charge in [-0.2, -0.15) is 0 Å². The lowest BCUT2D eigenvalue weighted by Crippen LogP contribution is -2.30. The molecule has 0 bridgehead atoms. The average molecular weight is 306 g/mol. The number of likely N-dealkylation sites (N-methyl/N-ethyl adjacent to an activating group) is 1. The van der Waals surface area contributed by atoms with Gasteiger partial charge in [0.2, 0.25) is 0 Å². The number of hydrogen-bond donors (Lipinski definition) is 1. The molecule has 0 aliphatic carbocycles. The second kappa shape index (κ2) is 7.72. The maximum Gasteiger partial charge on any atom is 0.0408 e. The van der Waals surface area contributed by atoms with Crippen molar-refractivity contribution in [1.82, 2.24) is 5.32 Å². The summed E-state index contributed by atoms with van der Waals surface area (Å²) in [6, 6.07) is 17.1. The molecule has 0 fully saturated rings. The van der Waals surface area contributed by atoms with Crippen LogP contribution in [0.3, 0.4) is 0 Å². The van der Waals surface area contributed by atoms with Gasteiger partial charge in [0.05, 0.1) is 0 Å². The van der Waals surface area contributed by atoms with Crippen LogP contribution in [0.15, 0.2) is 53.4 Å². The van der Waals surface area contributed by atoms with E-state index in [-0.39, 0.29) is 0 Å². The van der Waals surface area contributed by atoms with Gasteiger partial charge in [0.25, 0.3) is 0 Å². The summed E-state index contributed by atoms with van der Waals surface area (Å²) in [5.74, 6) is 1.05. The minimum atomic E-state index is 0.443. The van der Waals surface area contributed by atoms with Gasteiger partial charge < -0.3 is 5.32 Å². The SMILES string of the molecule is CNC(CSc1ccccc1C)Cc1cccc(Cl)c1. The number of thioether (sulfide) groups is 1. The lowest BCUT2D eigenvalue weighted by atomic mass is 10.1. The summed E-state index contributed by atoms with van der Waals surface area (Å²) in [6.45, 7) is 2.16. The maximum atomic E-state index is 6.04. The smallest absolute Gasteiger partial charge is 0.0408 e. The summed E-state index contributed by atoms with van der Waals surface area (Å²) < 4.78 is 0. The Balaban J connectivity index is 1.94. The Labute approximate surface area is 130 Å². The number of benzene rings is 2. The lowest BCUT2D eigenvalue weighted by Gasteiger charge is -2.16. The highest BCUT2D eigenvalue weighted by molar-refractivity contribution is 7.99. The molecule has 0 saturated heterocycles. The number of hydrogen-bond acceptors (Lipinski definition) is 2. The molecule has 0 aliphatic heterocycles. The molecule has 0 aromatic heterocycles. The van der Waals surface area contributed by atoms with Crippen molar-refractivity contribution in [2.45, 2.75) is 24.3 Å². The van der Waals surface area contributed by atoms with Gasteiger partial charge in [-0.1, -0.05) is 41.9 Å². The number of halogens is 1. The van der Waals surface area contributed by atoms with Crippen molar-refractivity contribution in [1.29, 1.82) is 0 Å². The fraction of sp³-hybridized carbons (Fsp3) is 0.294. The molecule has 2 aromatic rings. The van der Waals surface area contributed by atoms with Gasteiger partial charge in [-0.15, -0.1) is 11.8 Å². The molecule has 3 heteroatoms. The molecule has 1 unspecified atom stereocenters. The van der Waals surface area contributed by atoms with Crippen LogP contribution in [-0.4, -0.2) is 18.8 Å². The molecule has 20 heavy (non-hydrogen) atoms. The first-order chi connectivity index (χ1) is 9.69. The minimum Gasteiger partial charge on any atom is -0.316 e. The summed E-state index contributed by atoms with van der Waals surface area (Å²) in [6.07, 6.45) is 0.996. The first kappa shape index (κ1) is 15.4. The van der Waals surface area contributed by atoms with Crippen LogP contribution in [0.25, 0.3) is 0 Å². The zero-order valence-electron chi connectivity index (χ0n) is 11.9. The molecule has 0 spiro atoms. The summed E-state index contributed by atoms with van der Waals surface area (Å²) in [7, 11) is 2.02. The molecule has 2 aromatic carbocycles. The first-order valence-electron chi connectivity index (χ1n) is 6.79. The van der Waals surface area contributed by atoms with Gasteiger partial charge in [-0.25, -0.2) is 0 Å². The summed E-state index contributed by atoms with van der Waals surface area (Å²) in [4.78, 5) is 1.36. The van der Waals surface area contributed by atoms with E-state index in [4.69, 9.17) is 11.6 Å². The molecule has 0 saturated carbocycles. The molecule has 0 heterocycles. The van der Waals surface area contributed by atoms with Crippen molar-refractivity contribution >= 4 is 23.4 Å². The van der Waals surface area contributed by atoms with Crippen LogP contribution in [0.2, 0.25) is 5.02 Å². The maximum absolute atomic E-state index is 6.04. The summed E-state index contributed by atoms with van der Waals surface area (Å²) in [5, 5.41) is 4.20. The predicted octanol–water partition coefficient (Wildman–Crippen LogP) is 4.57. The van der Waals surface area contributed by atoms with Crippen molar-refractivity contribution in [2.24, 2.45) is 0 Å². The predicted molar refractivity (Wildman–Crippen MR) is 89.9 cm³/mol. The second-order valence-corrected chi connectivity index (χ2v) is 6.39. The van der Waals surface area contributed by atoms with Gasteiger partial charge in [0.15, 0.2) is 0 Å². The van der Waals surface area contributed by atoms with E-state index in [1.807, 2.05) is 37.0 Å². The van der Waals surface area contributed by atoms with Gasteiger partial charge >= 0.3 is 0 Å². The van der Waals surface area contributed by atoms with Gasteiger partial charge in [0.1, 0.15) is 0 Å². The zero-order chi connectivity index (χ0) is 14.4. The fourth-order valence-electron chi connectivity index (χ4n) is 2.10. The van der Waals surface area contributed by atoms with Gasteiger partial charge in [0, 0.05) is 21.7 Å². The van der Waals surface area contributed by atoms with E-state index < -0.39 is 0 Å². The Hall–Kier alpha value is -0.960. The van der Waals surface area contributed by atoms with E-state index in [9.17, 15) is 0 Å². The van der Waals surface area contributed by atoms with Crippen LogP contribution in [0, 0.1) is 6.92 Å². The van der Waals surface area contributed by atoms with Crippen molar-refractivity contribution in [3.63, 3.8) is 0 Å². The van der Waals surface area contributed by atoms with Crippen LogP contribution < -0.4 is 5.32 Å². The zero-order valence-corrected chi connectivity index (χ0v) is 13.5. The van der Waals surface area contributed by atoms with E-state index in [0.29, 0.717) is 6.04 Å². The molecule has 0 aliphatic rings. The highest BCUT2D eigenvalue weighted by Gasteiger charge is 2.09. The molecular formula is C17H20ClNS. The lowest BCUT2D eigenvalue weighted by molar-refractivity contribution is 0.617. The molecule has 1 N–H and O–H groups in total. The van der Waals surface area contributed by atoms with Crippen molar-refractivity contribution in [3.8, 4) is 0 Å². The Bertz CT molecular complexity index is 556. The van der Waals surface area contributed by atoms with E-state index >= 15 is 0 Å². The average Bonchev–Trinajstić information content (AvgIpc) is 2.45. The third-order valence-electron chi connectivity index (χ3n) is 3.31. The third kappa shape index (κ3) is 4.55. The van der Waals surface area contributed by atoms with Crippen molar-refractivity contribution in [2.75, 3.05) is 12.8 Å². The molecule has 1 atom stereocenters. The standard InChI is InChI=1S/C17H20ClNS/c1-13-6-3-4-9-17(13)20-12-16(19-2)11-14-7-5-8-15(18)10-14/h3-10,16,19H,11-12H2,1-2H3. The normalized spacial score (nSPS) is 12.3. The largest absolute Gasteiger partial charge is 0.316 e. The van der Waals surface area contributed by atoms with E-state index in [1.165, 1.54) is 16.0 Å². The van der Waals surface area contributed by atoms with Gasteiger partial charge in [-0.3, -0.25) is 0 Å². The van der Waals surface area contributed by atoms with E-state index in [1.54, 1.807) is 0 Å². The Morgan fingerprint density at radius 2 is 1.95 bits per heavy atom. The van der Waals surface area contributed by atoms with Crippen molar-refractivity contribution < 1.29 is 0 Å². The van der Waals surface area contributed by atoms with Crippen molar-refractivity contribution in [3.05, 3.63) is 64.7 Å². The molecule has 0 amide bonds. The highest BCUT2D eigenvalue weighted by Crippen LogP contribution is 2.23. The monoisotopic (exact) mass is 305 g/mol. The van der Waals surface area contributed by atoms with Gasteiger partial charge in [-0.05, 0) is 49.7 Å². The topological polar surface area (TPSA) is 12.0 Å². The first-order valence-corrected chi connectivity index (χ1v) is 8.15. The Kier molecular flexibility index (Phi) is 5.96. The summed E-state index contributed by atoms with van der Waals surface area (Å²) >= 11 is 7.95. The molecule has 0 radical (unpaired) electrons. The van der Waals surface area contributed by atoms with E-state index in [2.05, 4.69) is 42.6 Å². The van der Waals surface area contributed by atoms with Crippen LogP contribution in [0.5, 0.6) is 0 Å². The second-order valence-electron chi connectivity index (χ2n) is 4.90. The summed E-state index contributed by atoms with van der Waals surface area (Å²) in [5.41, 5.74) is 2.62. The fourth-order valence-corrected chi connectivity index (χ4v) is 3.45. The molecule has 1 nitrogen and oxygen atoms in total. The van der Waals surface area contributed by atoms with Crippen LogP contribution in [0.1, 0.15) is 11.1 Å². The van der Waals surface area contributed by atoms with Crippen LogP contribution in [-0.2, 0) is 6.42 Å². The van der Waals surface area contributed by atoms with E-state index in [0.717, 1.165) is 17.2 Å². The van der Waals surface area contributed by atoms with Crippen LogP contribution >= 0.6 is 23.4 Å². The highest BCUT2D eigenvalue weighted by atomic mass is 35.5. The molecular weight excluding hydrogens is 286 g/mol. The number of aryl methyl sites for hydroxylation is 1. The molecule has 2 rings (SSSR count). The number of rotatable bonds is 6.